The van der Waals surface area contributed by atoms with Crippen molar-refractivity contribution in [1.29, 1.82) is 0 Å². The summed E-state index contributed by atoms with van der Waals surface area (Å²) in [5.74, 6) is 0.570. The summed E-state index contributed by atoms with van der Waals surface area (Å²) in [5.41, 5.74) is 1.24. The van der Waals surface area contributed by atoms with Crippen molar-refractivity contribution in [3.05, 3.63) is 34.9 Å². The lowest BCUT2D eigenvalue weighted by Crippen LogP contribution is -2.26. The fraction of sp³-hybridized carbons (Fsp3) is 0.647. The zero-order valence-corrected chi connectivity index (χ0v) is 13.7. The van der Waals surface area contributed by atoms with Crippen molar-refractivity contribution >= 4 is 11.6 Å². The summed E-state index contributed by atoms with van der Waals surface area (Å²) in [4.78, 5) is 0. The second kappa shape index (κ2) is 10.2. The lowest BCUT2D eigenvalue weighted by atomic mass is 9.96. The average molecular weight is 298 g/mol. The molecule has 2 nitrogen and oxygen atoms in total. The quantitative estimate of drug-likeness (QED) is 0.650. The van der Waals surface area contributed by atoms with E-state index in [1.54, 1.807) is 0 Å². The summed E-state index contributed by atoms with van der Waals surface area (Å²) in [6, 6.07) is 8.14. The van der Waals surface area contributed by atoms with Gasteiger partial charge in [0, 0.05) is 11.6 Å². The first-order valence-electron chi connectivity index (χ1n) is 7.69. The molecule has 0 saturated carbocycles. The molecule has 0 aliphatic carbocycles. The minimum absolute atomic E-state index is 0.305. The maximum Gasteiger partial charge on any atom is 0.0518 e. The maximum absolute atomic E-state index is 6.26. The van der Waals surface area contributed by atoms with Crippen molar-refractivity contribution < 1.29 is 4.74 Å². The Kier molecular flexibility index (Phi) is 8.92. The van der Waals surface area contributed by atoms with Gasteiger partial charge in [0.1, 0.15) is 0 Å². The first-order valence-corrected chi connectivity index (χ1v) is 8.07. The van der Waals surface area contributed by atoms with E-state index in [-0.39, 0.29) is 0 Å². The normalized spacial score (nSPS) is 12.8. The van der Waals surface area contributed by atoms with E-state index < -0.39 is 0 Å². The molecule has 0 bridgehead atoms. The van der Waals surface area contributed by atoms with Crippen LogP contribution in [-0.2, 0) is 11.2 Å². The third kappa shape index (κ3) is 7.28. The van der Waals surface area contributed by atoms with E-state index in [1.165, 1.54) is 12.0 Å². The molecule has 3 heteroatoms. The molecule has 0 amide bonds. The lowest BCUT2D eigenvalue weighted by molar-refractivity contribution is 0.0683. The molecule has 0 aromatic heterocycles. The van der Waals surface area contributed by atoms with Gasteiger partial charge in [0.25, 0.3) is 0 Å². The molecule has 0 spiro atoms. The van der Waals surface area contributed by atoms with E-state index in [0.29, 0.717) is 12.0 Å². The van der Waals surface area contributed by atoms with Crippen LogP contribution in [-0.4, -0.2) is 25.8 Å². The third-order valence-electron chi connectivity index (χ3n) is 3.30. The molecule has 0 heterocycles. The molecular formula is C17H28ClNO. The lowest BCUT2D eigenvalue weighted by Gasteiger charge is -2.19. The molecule has 0 saturated heterocycles. The predicted molar refractivity (Wildman–Crippen MR) is 87.5 cm³/mol. The minimum atomic E-state index is 0.305. The van der Waals surface area contributed by atoms with Crippen LogP contribution < -0.4 is 5.32 Å². The van der Waals surface area contributed by atoms with Gasteiger partial charge in [-0.3, -0.25) is 0 Å². The number of benzene rings is 1. The van der Waals surface area contributed by atoms with Crippen LogP contribution in [0, 0.1) is 5.92 Å². The first-order chi connectivity index (χ1) is 9.63. The topological polar surface area (TPSA) is 21.3 Å². The van der Waals surface area contributed by atoms with Crippen molar-refractivity contribution in [2.75, 3.05) is 19.7 Å². The predicted octanol–water partition coefficient (Wildman–Crippen LogP) is 4.31. The van der Waals surface area contributed by atoms with Gasteiger partial charge in [-0.1, -0.05) is 36.7 Å². The Labute approximate surface area is 128 Å². The summed E-state index contributed by atoms with van der Waals surface area (Å²) in [6.45, 7) is 9.28. The standard InChI is InChI=1S/C17H28ClNO/c1-4-10-19-13-15(9-11-20-14(2)3)12-16-7-5-6-8-17(16)18/h5-8,14-15,19H,4,9-13H2,1-3H3. The highest BCUT2D eigenvalue weighted by Gasteiger charge is 2.12. The highest BCUT2D eigenvalue weighted by Crippen LogP contribution is 2.20. The van der Waals surface area contributed by atoms with Crippen LogP contribution in [0.15, 0.2) is 24.3 Å². The summed E-state index contributed by atoms with van der Waals surface area (Å²) < 4.78 is 5.69. The SMILES string of the molecule is CCCNCC(CCOC(C)C)Cc1ccccc1Cl. The van der Waals surface area contributed by atoms with Crippen LogP contribution in [0.4, 0.5) is 0 Å². The van der Waals surface area contributed by atoms with E-state index in [9.17, 15) is 0 Å². The van der Waals surface area contributed by atoms with Gasteiger partial charge in [-0.15, -0.1) is 0 Å². The Morgan fingerprint density at radius 2 is 2.00 bits per heavy atom. The summed E-state index contributed by atoms with van der Waals surface area (Å²) >= 11 is 6.26. The monoisotopic (exact) mass is 297 g/mol. The van der Waals surface area contributed by atoms with Crippen LogP contribution in [0.3, 0.4) is 0 Å². The van der Waals surface area contributed by atoms with Crippen molar-refractivity contribution in [3.63, 3.8) is 0 Å². The molecule has 0 fully saturated rings. The molecular weight excluding hydrogens is 270 g/mol. The Morgan fingerprint density at radius 3 is 2.65 bits per heavy atom. The van der Waals surface area contributed by atoms with Gasteiger partial charge in [-0.25, -0.2) is 0 Å². The molecule has 1 unspecified atom stereocenters. The number of ether oxygens (including phenoxy) is 1. The molecule has 1 N–H and O–H groups in total. The second-order valence-corrected chi connectivity index (χ2v) is 5.98. The van der Waals surface area contributed by atoms with Gasteiger partial charge in [0.05, 0.1) is 6.10 Å². The highest BCUT2D eigenvalue weighted by molar-refractivity contribution is 6.31. The number of halogens is 1. The molecule has 0 aliphatic heterocycles. The van der Waals surface area contributed by atoms with Gasteiger partial charge in [0.15, 0.2) is 0 Å². The molecule has 114 valence electrons. The van der Waals surface area contributed by atoms with Crippen LogP contribution in [0.5, 0.6) is 0 Å². The van der Waals surface area contributed by atoms with Gasteiger partial charge < -0.3 is 10.1 Å². The van der Waals surface area contributed by atoms with E-state index in [4.69, 9.17) is 16.3 Å². The largest absolute Gasteiger partial charge is 0.379 e. The summed E-state index contributed by atoms with van der Waals surface area (Å²) in [7, 11) is 0. The summed E-state index contributed by atoms with van der Waals surface area (Å²) in [6.07, 6.45) is 3.55. The number of rotatable bonds is 10. The summed E-state index contributed by atoms with van der Waals surface area (Å²) in [5, 5.41) is 4.39. The van der Waals surface area contributed by atoms with Crippen LogP contribution >= 0.6 is 11.6 Å². The molecule has 1 aromatic rings. The Hall–Kier alpha value is -0.570. The van der Waals surface area contributed by atoms with E-state index in [2.05, 4.69) is 38.2 Å². The van der Waals surface area contributed by atoms with Crippen molar-refractivity contribution in [3.8, 4) is 0 Å². The molecule has 1 atom stereocenters. The molecule has 1 rings (SSSR count). The first kappa shape index (κ1) is 17.5. The molecule has 0 radical (unpaired) electrons. The average Bonchev–Trinajstić information content (AvgIpc) is 2.41. The smallest absolute Gasteiger partial charge is 0.0518 e. The number of hydrogen-bond donors (Lipinski definition) is 1. The fourth-order valence-electron chi connectivity index (χ4n) is 2.20. The van der Waals surface area contributed by atoms with Gasteiger partial charge in [0.2, 0.25) is 0 Å². The van der Waals surface area contributed by atoms with Crippen LogP contribution in [0.2, 0.25) is 5.02 Å². The van der Waals surface area contributed by atoms with Crippen molar-refractivity contribution in [2.24, 2.45) is 5.92 Å². The van der Waals surface area contributed by atoms with Crippen LogP contribution in [0.1, 0.15) is 39.2 Å². The van der Waals surface area contributed by atoms with Crippen molar-refractivity contribution in [1.82, 2.24) is 5.32 Å². The zero-order valence-electron chi connectivity index (χ0n) is 13.0. The van der Waals surface area contributed by atoms with Crippen LogP contribution in [0.25, 0.3) is 0 Å². The Morgan fingerprint density at radius 1 is 1.25 bits per heavy atom. The molecule has 1 aromatic carbocycles. The van der Waals surface area contributed by atoms with Crippen molar-refractivity contribution in [2.45, 2.75) is 46.1 Å². The number of nitrogens with one attached hydrogen (secondary N) is 1. The van der Waals surface area contributed by atoms with Gasteiger partial charge in [-0.05, 0) is 63.7 Å². The Bertz CT molecular complexity index is 368. The molecule has 0 aliphatic rings. The zero-order chi connectivity index (χ0) is 14.8. The van der Waals surface area contributed by atoms with Gasteiger partial charge in [-0.2, -0.15) is 0 Å². The minimum Gasteiger partial charge on any atom is -0.379 e. The second-order valence-electron chi connectivity index (χ2n) is 5.57. The maximum atomic E-state index is 6.26. The number of hydrogen-bond acceptors (Lipinski definition) is 2. The molecule has 20 heavy (non-hydrogen) atoms. The fourth-order valence-corrected chi connectivity index (χ4v) is 2.42. The Balaban J connectivity index is 2.50. The van der Waals surface area contributed by atoms with Gasteiger partial charge >= 0.3 is 0 Å². The van der Waals surface area contributed by atoms with E-state index in [1.807, 2.05) is 12.1 Å². The van der Waals surface area contributed by atoms with E-state index >= 15 is 0 Å². The van der Waals surface area contributed by atoms with E-state index in [0.717, 1.165) is 37.6 Å². The highest BCUT2D eigenvalue weighted by atomic mass is 35.5. The third-order valence-corrected chi connectivity index (χ3v) is 3.67.